The second-order valence-corrected chi connectivity index (χ2v) is 3.55. The fraction of sp³-hybridized carbons (Fsp3) is 0.0714. The zero-order valence-corrected chi connectivity index (χ0v) is 9.31. The fourth-order valence-electron chi connectivity index (χ4n) is 1.68. The number of aldehydes is 1. The Morgan fingerprint density at radius 1 is 1.12 bits per heavy atom. The van der Waals surface area contributed by atoms with E-state index in [1.807, 2.05) is 0 Å². The van der Waals surface area contributed by atoms with E-state index < -0.39 is 5.82 Å². The number of rotatable bonds is 3. The number of halogens is 1. The molecule has 0 fully saturated rings. The predicted molar refractivity (Wildman–Crippen MR) is 63.8 cm³/mol. The van der Waals surface area contributed by atoms with E-state index in [0.717, 1.165) is 11.3 Å². The van der Waals surface area contributed by atoms with Crippen molar-refractivity contribution in [3.63, 3.8) is 0 Å². The summed E-state index contributed by atoms with van der Waals surface area (Å²) in [5.41, 5.74) is 1.45. The lowest BCUT2D eigenvalue weighted by atomic mass is 10.00. The number of ether oxygens (including phenoxy) is 1. The molecular weight excluding hydrogens is 219 g/mol. The zero-order valence-electron chi connectivity index (χ0n) is 9.31. The fourth-order valence-corrected chi connectivity index (χ4v) is 1.68. The summed E-state index contributed by atoms with van der Waals surface area (Å²) in [7, 11) is 1.58. The number of hydrogen-bond donors (Lipinski definition) is 0. The molecule has 0 spiro atoms. The number of benzene rings is 2. The molecule has 0 aliphatic rings. The van der Waals surface area contributed by atoms with Crippen molar-refractivity contribution < 1.29 is 13.9 Å². The van der Waals surface area contributed by atoms with Crippen LogP contribution in [-0.2, 0) is 0 Å². The molecule has 2 nitrogen and oxygen atoms in total. The smallest absolute Gasteiger partial charge is 0.153 e. The summed E-state index contributed by atoms with van der Waals surface area (Å²) >= 11 is 0. The lowest BCUT2D eigenvalue weighted by Gasteiger charge is -2.06. The van der Waals surface area contributed by atoms with Crippen molar-refractivity contribution in [2.45, 2.75) is 0 Å². The quantitative estimate of drug-likeness (QED) is 0.756. The van der Waals surface area contributed by atoms with Crippen LogP contribution < -0.4 is 4.74 Å². The summed E-state index contributed by atoms with van der Waals surface area (Å²) < 4.78 is 18.5. The molecule has 0 aromatic heterocycles. The Labute approximate surface area is 98.7 Å². The van der Waals surface area contributed by atoms with Crippen LogP contribution in [0.15, 0.2) is 42.5 Å². The molecule has 0 aliphatic heterocycles. The van der Waals surface area contributed by atoms with Gasteiger partial charge in [-0.2, -0.15) is 0 Å². The van der Waals surface area contributed by atoms with E-state index in [1.165, 1.54) is 6.07 Å². The Kier molecular flexibility index (Phi) is 3.19. The molecule has 0 saturated heterocycles. The van der Waals surface area contributed by atoms with Crippen LogP contribution in [-0.4, -0.2) is 13.4 Å². The average Bonchev–Trinajstić information content (AvgIpc) is 2.38. The first-order chi connectivity index (χ1) is 8.26. The number of carbonyl (C=O) groups excluding carboxylic acids is 1. The van der Waals surface area contributed by atoms with Crippen LogP contribution in [0.5, 0.6) is 5.75 Å². The van der Waals surface area contributed by atoms with Gasteiger partial charge in [-0.25, -0.2) is 4.39 Å². The highest BCUT2D eigenvalue weighted by atomic mass is 19.1. The third-order valence-electron chi connectivity index (χ3n) is 2.57. The van der Waals surface area contributed by atoms with Gasteiger partial charge in [0.1, 0.15) is 11.6 Å². The SMILES string of the molecule is COc1ccc(-c2cccc(F)c2C=O)cc1. The summed E-state index contributed by atoms with van der Waals surface area (Å²) in [6.07, 6.45) is 0.537. The molecule has 0 bridgehead atoms. The maximum absolute atomic E-state index is 13.4. The van der Waals surface area contributed by atoms with Crippen LogP contribution in [0.3, 0.4) is 0 Å². The standard InChI is InChI=1S/C14H11FO2/c1-17-11-7-5-10(6-8-11)12-3-2-4-14(15)13(12)9-16/h2-9H,1H3. The van der Waals surface area contributed by atoms with Gasteiger partial charge >= 0.3 is 0 Å². The first-order valence-corrected chi connectivity index (χ1v) is 5.14. The maximum Gasteiger partial charge on any atom is 0.153 e. The maximum atomic E-state index is 13.4. The molecule has 2 aromatic rings. The molecule has 86 valence electrons. The molecule has 2 aromatic carbocycles. The molecule has 0 atom stereocenters. The highest BCUT2D eigenvalue weighted by Crippen LogP contribution is 2.26. The van der Waals surface area contributed by atoms with Crippen LogP contribution in [0.2, 0.25) is 0 Å². The normalized spacial score (nSPS) is 10.0. The highest BCUT2D eigenvalue weighted by molar-refractivity contribution is 5.87. The van der Waals surface area contributed by atoms with Crippen LogP contribution in [0.4, 0.5) is 4.39 Å². The zero-order chi connectivity index (χ0) is 12.3. The van der Waals surface area contributed by atoms with Gasteiger partial charge in [-0.1, -0.05) is 24.3 Å². The van der Waals surface area contributed by atoms with Crippen molar-refractivity contribution in [2.24, 2.45) is 0 Å². The van der Waals surface area contributed by atoms with Gasteiger partial charge in [0.15, 0.2) is 6.29 Å². The van der Waals surface area contributed by atoms with Crippen LogP contribution in [0.1, 0.15) is 10.4 Å². The van der Waals surface area contributed by atoms with E-state index in [0.29, 0.717) is 11.8 Å². The molecule has 0 N–H and O–H groups in total. The minimum atomic E-state index is -0.506. The second-order valence-electron chi connectivity index (χ2n) is 3.55. The van der Waals surface area contributed by atoms with Gasteiger partial charge in [-0.05, 0) is 29.3 Å². The largest absolute Gasteiger partial charge is 0.497 e. The molecule has 0 radical (unpaired) electrons. The molecule has 17 heavy (non-hydrogen) atoms. The summed E-state index contributed by atoms with van der Waals surface area (Å²) in [6.45, 7) is 0. The van der Waals surface area contributed by atoms with Gasteiger partial charge in [0.05, 0.1) is 12.7 Å². The van der Waals surface area contributed by atoms with Gasteiger partial charge in [0, 0.05) is 0 Å². The molecule has 0 amide bonds. The van der Waals surface area contributed by atoms with Crippen molar-refractivity contribution >= 4 is 6.29 Å². The van der Waals surface area contributed by atoms with Crippen LogP contribution in [0.25, 0.3) is 11.1 Å². The van der Waals surface area contributed by atoms with Crippen LogP contribution >= 0.6 is 0 Å². The van der Waals surface area contributed by atoms with Crippen molar-refractivity contribution in [1.29, 1.82) is 0 Å². The van der Waals surface area contributed by atoms with Gasteiger partial charge in [0.2, 0.25) is 0 Å². The van der Waals surface area contributed by atoms with E-state index in [-0.39, 0.29) is 5.56 Å². The summed E-state index contributed by atoms with van der Waals surface area (Å²) in [5.74, 6) is 0.214. The monoisotopic (exact) mass is 230 g/mol. The van der Waals surface area contributed by atoms with Gasteiger partial charge in [-0.3, -0.25) is 4.79 Å². The van der Waals surface area contributed by atoms with Crippen LogP contribution in [0, 0.1) is 5.82 Å². The third-order valence-corrected chi connectivity index (χ3v) is 2.57. The van der Waals surface area contributed by atoms with E-state index in [2.05, 4.69) is 0 Å². The number of hydrogen-bond acceptors (Lipinski definition) is 2. The number of carbonyl (C=O) groups is 1. The Balaban J connectivity index is 2.52. The Hall–Kier alpha value is -2.16. The van der Waals surface area contributed by atoms with E-state index in [1.54, 1.807) is 43.5 Å². The van der Waals surface area contributed by atoms with Crippen molar-refractivity contribution in [2.75, 3.05) is 7.11 Å². The van der Waals surface area contributed by atoms with Gasteiger partial charge in [-0.15, -0.1) is 0 Å². The molecule has 0 heterocycles. The molecule has 0 unspecified atom stereocenters. The van der Waals surface area contributed by atoms with Gasteiger partial charge < -0.3 is 4.74 Å². The minimum Gasteiger partial charge on any atom is -0.497 e. The molecule has 2 rings (SSSR count). The third kappa shape index (κ3) is 2.18. The topological polar surface area (TPSA) is 26.3 Å². The Bertz CT molecular complexity index is 532. The Morgan fingerprint density at radius 2 is 1.82 bits per heavy atom. The predicted octanol–water partition coefficient (Wildman–Crippen LogP) is 3.31. The number of methoxy groups -OCH3 is 1. The lowest BCUT2D eigenvalue weighted by Crippen LogP contribution is -1.92. The average molecular weight is 230 g/mol. The molecule has 3 heteroatoms. The summed E-state index contributed by atoms with van der Waals surface area (Å²) in [5, 5.41) is 0. The second kappa shape index (κ2) is 4.78. The summed E-state index contributed by atoms with van der Waals surface area (Å²) in [6, 6.07) is 11.7. The minimum absolute atomic E-state index is 0.0812. The van der Waals surface area contributed by atoms with E-state index >= 15 is 0 Å². The molecule has 0 aliphatic carbocycles. The molecule has 0 saturated carbocycles. The summed E-state index contributed by atoms with van der Waals surface area (Å²) in [4.78, 5) is 10.9. The van der Waals surface area contributed by atoms with Crippen molar-refractivity contribution in [1.82, 2.24) is 0 Å². The highest BCUT2D eigenvalue weighted by Gasteiger charge is 2.08. The van der Waals surface area contributed by atoms with Gasteiger partial charge in [0.25, 0.3) is 0 Å². The Morgan fingerprint density at radius 3 is 2.41 bits per heavy atom. The molecular formula is C14H11FO2. The lowest BCUT2D eigenvalue weighted by molar-refractivity contribution is 0.112. The first kappa shape index (κ1) is 11.3. The van der Waals surface area contributed by atoms with E-state index in [4.69, 9.17) is 4.74 Å². The van der Waals surface area contributed by atoms with Crippen molar-refractivity contribution in [3.05, 3.63) is 53.8 Å². The van der Waals surface area contributed by atoms with E-state index in [9.17, 15) is 9.18 Å². The first-order valence-electron chi connectivity index (χ1n) is 5.14. The van der Waals surface area contributed by atoms with Crippen molar-refractivity contribution in [3.8, 4) is 16.9 Å².